The summed E-state index contributed by atoms with van der Waals surface area (Å²) in [4.78, 5) is 9.16. The van der Waals surface area contributed by atoms with Gasteiger partial charge in [-0.15, -0.1) is 0 Å². The number of nitrogens with one attached hydrogen (secondary N) is 2. The summed E-state index contributed by atoms with van der Waals surface area (Å²) in [5.41, 5.74) is -0.392. The van der Waals surface area contributed by atoms with Crippen molar-refractivity contribution in [1.82, 2.24) is 15.3 Å². The van der Waals surface area contributed by atoms with E-state index in [9.17, 15) is 13.2 Å². The van der Waals surface area contributed by atoms with Crippen molar-refractivity contribution in [2.45, 2.75) is 70.9 Å². The molecule has 2 bridgehead atoms. The lowest BCUT2D eigenvalue weighted by molar-refractivity contribution is 0.146. The minimum absolute atomic E-state index is 0.0637. The Kier molecular flexibility index (Phi) is 6.78. The van der Waals surface area contributed by atoms with Crippen molar-refractivity contribution >= 4 is 18.1 Å². The smallest absolute Gasteiger partial charge is 0.266 e. The molecule has 2 aromatic rings. The van der Waals surface area contributed by atoms with Gasteiger partial charge < -0.3 is 10.6 Å². The highest BCUT2D eigenvalue weighted by Crippen LogP contribution is 2.28. The maximum atomic E-state index is 14.5. The quantitative estimate of drug-likeness (QED) is 0.758. The average Bonchev–Trinajstić information content (AvgIpc) is 2.74. The molecule has 3 aliphatic rings. The number of halogens is 3. The Morgan fingerprint density at radius 1 is 1.13 bits per heavy atom. The van der Waals surface area contributed by atoms with Gasteiger partial charge in [-0.05, 0) is 51.4 Å². The van der Waals surface area contributed by atoms with E-state index in [0.29, 0.717) is 17.7 Å². The van der Waals surface area contributed by atoms with Crippen LogP contribution in [-0.2, 0) is 6.54 Å². The second-order valence-electron chi connectivity index (χ2n) is 8.56. The topological polar surface area (TPSA) is 49.8 Å². The lowest BCUT2D eigenvalue weighted by Crippen LogP contribution is -2.38. The fraction of sp³-hybridized carbons (Fsp3) is 0.500. The Morgan fingerprint density at radius 3 is 2.71 bits per heavy atom. The van der Waals surface area contributed by atoms with E-state index in [-0.39, 0.29) is 12.1 Å². The van der Waals surface area contributed by atoms with Gasteiger partial charge in [0, 0.05) is 24.4 Å². The summed E-state index contributed by atoms with van der Waals surface area (Å²) in [5.74, 6) is 1.15. The summed E-state index contributed by atoms with van der Waals surface area (Å²) in [6.45, 7) is 1.89. The molecular formula is C24H29F3N4. The molecule has 7 heteroatoms. The molecule has 2 N–H and O–H groups in total. The monoisotopic (exact) mass is 430 g/mol. The number of rotatable bonds is 4. The third kappa shape index (κ3) is 5.20. The predicted octanol–water partition coefficient (Wildman–Crippen LogP) is 4.32. The summed E-state index contributed by atoms with van der Waals surface area (Å²) < 4.78 is 40.6. The predicted molar refractivity (Wildman–Crippen MR) is 116 cm³/mol. The van der Waals surface area contributed by atoms with E-state index in [4.69, 9.17) is 0 Å². The number of aryl methyl sites for hydroxylation is 1. The number of benzene rings is 1. The van der Waals surface area contributed by atoms with Crippen LogP contribution in [0.5, 0.6) is 0 Å². The van der Waals surface area contributed by atoms with Crippen LogP contribution in [0.15, 0.2) is 18.2 Å². The summed E-state index contributed by atoms with van der Waals surface area (Å²) in [7, 11) is 0. The molecule has 1 aromatic carbocycles. The molecule has 0 atom stereocenters. The molecule has 0 saturated heterocycles. The molecule has 1 fully saturated rings. The minimum atomic E-state index is -2.84. The van der Waals surface area contributed by atoms with Crippen molar-refractivity contribution in [3.8, 4) is 0 Å². The summed E-state index contributed by atoms with van der Waals surface area (Å²) in [6.07, 6.45) is 9.42. The van der Waals surface area contributed by atoms with Gasteiger partial charge in [0.2, 0.25) is 0 Å². The molecule has 1 aliphatic carbocycles. The van der Waals surface area contributed by atoms with Gasteiger partial charge in [-0.2, -0.15) is 0 Å². The number of aromatic nitrogens is 2. The van der Waals surface area contributed by atoms with Gasteiger partial charge in [0.15, 0.2) is 0 Å². The van der Waals surface area contributed by atoms with E-state index in [2.05, 4.69) is 26.7 Å². The standard InChI is InChI=1S/C24H29F3N4/c1-15-30-21-8-3-2-5-16-9-11-18(12-10-16)28-14-20(21)24(31-15)29-13-17-6-4-7-19(22(17)25)23(26)27/h4,6-8,14,16,18,23,28H,2-3,5,9-13H2,1H3,(H,29,30,31)/b20-14-,21-8+. The first kappa shape index (κ1) is 21.7. The lowest BCUT2D eigenvalue weighted by atomic mass is 9.83. The first-order valence-electron chi connectivity index (χ1n) is 11.1. The van der Waals surface area contributed by atoms with Crippen molar-refractivity contribution in [3.05, 3.63) is 51.5 Å². The van der Waals surface area contributed by atoms with Crippen molar-refractivity contribution in [2.24, 2.45) is 5.92 Å². The Bertz CT molecular complexity index is 1030. The molecule has 0 radical (unpaired) electrons. The van der Waals surface area contributed by atoms with Gasteiger partial charge in [-0.25, -0.2) is 23.1 Å². The zero-order chi connectivity index (χ0) is 21.8. The normalized spacial score (nSPS) is 23.4. The number of alkyl halides is 2. The van der Waals surface area contributed by atoms with Gasteiger partial charge >= 0.3 is 0 Å². The molecule has 3 heterocycles. The lowest BCUT2D eigenvalue weighted by Gasteiger charge is -2.29. The van der Waals surface area contributed by atoms with E-state index in [0.717, 1.165) is 48.2 Å². The number of hydrogen-bond acceptors (Lipinski definition) is 4. The van der Waals surface area contributed by atoms with Crippen molar-refractivity contribution in [3.63, 3.8) is 0 Å². The van der Waals surface area contributed by atoms with E-state index >= 15 is 0 Å². The molecular weight excluding hydrogens is 401 g/mol. The van der Waals surface area contributed by atoms with Gasteiger partial charge in [0.25, 0.3) is 6.43 Å². The van der Waals surface area contributed by atoms with Crippen molar-refractivity contribution < 1.29 is 13.2 Å². The van der Waals surface area contributed by atoms with Crippen LogP contribution in [0.1, 0.15) is 68.3 Å². The summed E-state index contributed by atoms with van der Waals surface area (Å²) in [5, 5.41) is 8.38. The molecule has 0 spiro atoms. The van der Waals surface area contributed by atoms with Crippen LogP contribution < -0.4 is 21.2 Å². The Hall–Kier alpha value is -2.57. The molecule has 166 valence electrons. The minimum Gasteiger partial charge on any atom is -0.388 e. The largest absolute Gasteiger partial charge is 0.388 e. The van der Waals surface area contributed by atoms with E-state index < -0.39 is 17.8 Å². The fourth-order valence-electron chi connectivity index (χ4n) is 4.58. The highest BCUT2D eigenvalue weighted by Gasteiger charge is 2.20. The molecule has 0 amide bonds. The molecule has 4 nitrogen and oxygen atoms in total. The number of anilines is 1. The summed E-state index contributed by atoms with van der Waals surface area (Å²) in [6, 6.07) is 4.52. The van der Waals surface area contributed by atoms with E-state index in [1.54, 1.807) is 0 Å². The van der Waals surface area contributed by atoms with E-state index in [1.165, 1.54) is 31.4 Å². The third-order valence-corrected chi connectivity index (χ3v) is 6.34. The van der Waals surface area contributed by atoms with Gasteiger partial charge in [0.1, 0.15) is 17.5 Å². The highest BCUT2D eigenvalue weighted by molar-refractivity contribution is 5.45. The SMILES string of the molecule is Cc1nc(NCc2cccc(C(F)F)c2F)c2/c(n1)=C\CCCC1CCC(CC1)N/C=2. The van der Waals surface area contributed by atoms with Crippen LogP contribution in [0.2, 0.25) is 0 Å². The van der Waals surface area contributed by atoms with Crippen molar-refractivity contribution in [1.29, 1.82) is 0 Å². The second-order valence-corrected chi connectivity index (χ2v) is 8.56. The van der Waals surface area contributed by atoms with Crippen LogP contribution >= 0.6 is 0 Å². The first-order valence-corrected chi connectivity index (χ1v) is 11.1. The van der Waals surface area contributed by atoms with Gasteiger partial charge in [-0.3, -0.25) is 0 Å². The molecule has 31 heavy (non-hydrogen) atoms. The zero-order valence-electron chi connectivity index (χ0n) is 17.8. The van der Waals surface area contributed by atoms with Crippen LogP contribution in [-0.4, -0.2) is 16.0 Å². The van der Waals surface area contributed by atoms with Crippen LogP contribution in [0.4, 0.5) is 19.0 Å². The summed E-state index contributed by atoms with van der Waals surface area (Å²) >= 11 is 0. The molecule has 1 saturated carbocycles. The number of fused-ring (bicyclic) bond motifs is 6. The second kappa shape index (κ2) is 9.71. The first-order chi connectivity index (χ1) is 15.0. The molecule has 1 aromatic heterocycles. The molecule has 0 unspecified atom stereocenters. The average molecular weight is 431 g/mol. The Morgan fingerprint density at radius 2 is 1.94 bits per heavy atom. The number of hydrogen-bond donors (Lipinski definition) is 2. The van der Waals surface area contributed by atoms with Crippen molar-refractivity contribution in [2.75, 3.05) is 5.32 Å². The molecule has 5 rings (SSSR count). The molecule has 2 aliphatic heterocycles. The van der Waals surface area contributed by atoms with Crippen LogP contribution in [0, 0.1) is 18.7 Å². The number of nitrogens with zero attached hydrogens (tertiary/aromatic N) is 2. The maximum Gasteiger partial charge on any atom is 0.266 e. The van der Waals surface area contributed by atoms with Crippen LogP contribution in [0.25, 0.3) is 12.3 Å². The highest BCUT2D eigenvalue weighted by atomic mass is 19.3. The van der Waals surface area contributed by atoms with Crippen LogP contribution in [0.3, 0.4) is 0 Å². The third-order valence-electron chi connectivity index (χ3n) is 6.34. The van der Waals surface area contributed by atoms with E-state index in [1.807, 2.05) is 13.1 Å². The zero-order valence-corrected chi connectivity index (χ0v) is 17.8. The Balaban J connectivity index is 1.67. The van der Waals surface area contributed by atoms with Gasteiger partial charge in [-0.1, -0.05) is 30.7 Å². The fourth-order valence-corrected chi connectivity index (χ4v) is 4.58. The maximum absolute atomic E-state index is 14.5. The Labute approximate surface area is 180 Å². The van der Waals surface area contributed by atoms with Gasteiger partial charge in [0.05, 0.1) is 16.1 Å².